The first-order valence-electron chi connectivity index (χ1n) is 4.88. The van der Waals surface area contributed by atoms with Crippen molar-refractivity contribution in [3.8, 4) is 0 Å². The van der Waals surface area contributed by atoms with Crippen molar-refractivity contribution in [1.82, 2.24) is 4.90 Å². The van der Waals surface area contributed by atoms with Crippen LogP contribution >= 0.6 is 24.0 Å². The molecule has 0 aliphatic heterocycles. The maximum atomic E-state index is 13.0. The molecule has 0 heterocycles. The van der Waals surface area contributed by atoms with Crippen LogP contribution in [-0.2, 0) is 6.54 Å². The van der Waals surface area contributed by atoms with Crippen molar-refractivity contribution in [2.75, 3.05) is 13.6 Å². The van der Waals surface area contributed by atoms with Crippen LogP contribution in [0, 0.1) is 5.82 Å². The van der Waals surface area contributed by atoms with Crippen LogP contribution in [0.5, 0.6) is 0 Å². The summed E-state index contributed by atoms with van der Waals surface area (Å²) in [6.07, 6.45) is 0. The van der Waals surface area contributed by atoms with Gasteiger partial charge in [-0.1, -0.05) is 11.6 Å². The van der Waals surface area contributed by atoms with Crippen molar-refractivity contribution in [2.24, 2.45) is 5.73 Å². The first-order chi connectivity index (χ1) is 7.02. The molecule has 2 nitrogen and oxygen atoms in total. The summed E-state index contributed by atoms with van der Waals surface area (Å²) in [6.45, 7) is 3.26. The fourth-order valence-corrected chi connectivity index (χ4v) is 1.57. The van der Waals surface area contributed by atoms with Gasteiger partial charge in [-0.05, 0) is 37.7 Å². The van der Waals surface area contributed by atoms with E-state index in [1.807, 2.05) is 14.0 Å². The van der Waals surface area contributed by atoms with Crippen LogP contribution in [-0.4, -0.2) is 24.5 Å². The van der Waals surface area contributed by atoms with Crippen molar-refractivity contribution in [3.63, 3.8) is 0 Å². The van der Waals surface area contributed by atoms with E-state index in [0.717, 1.165) is 5.56 Å². The van der Waals surface area contributed by atoms with Gasteiger partial charge in [-0.15, -0.1) is 12.4 Å². The van der Waals surface area contributed by atoms with Crippen molar-refractivity contribution in [3.05, 3.63) is 34.6 Å². The van der Waals surface area contributed by atoms with E-state index >= 15 is 0 Å². The third-order valence-electron chi connectivity index (χ3n) is 2.45. The molecule has 0 amide bonds. The number of benzene rings is 1. The summed E-state index contributed by atoms with van der Waals surface area (Å²) in [6, 6.07) is 4.83. The predicted octanol–water partition coefficient (Wildman–Crippen LogP) is 2.68. The Morgan fingerprint density at radius 2 is 2.06 bits per heavy atom. The first-order valence-corrected chi connectivity index (χ1v) is 5.26. The van der Waals surface area contributed by atoms with Crippen molar-refractivity contribution < 1.29 is 4.39 Å². The van der Waals surface area contributed by atoms with E-state index in [1.54, 1.807) is 6.07 Å². The van der Waals surface area contributed by atoms with Gasteiger partial charge in [0.05, 0.1) is 0 Å². The fraction of sp³-hybridized carbons (Fsp3) is 0.455. The Labute approximate surface area is 107 Å². The molecule has 5 heteroatoms. The molecule has 1 unspecified atom stereocenters. The Morgan fingerprint density at radius 3 is 2.56 bits per heavy atom. The zero-order valence-corrected chi connectivity index (χ0v) is 11.0. The van der Waals surface area contributed by atoms with Gasteiger partial charge in [0, 0.05) is 24.2 Å². The highest BCUT2D eigenvalue weighted by molar-refractivity contribution is 6.30. The number of hydrogen-bond donors (Lipinski definition) is 1. The Morgan fingerprint density at radius 1 is 1.44 bits per heavy atom. The SMILES string of the molecule is CC(CN)N(C)Cc1cc(F)cc(Cl)c1.Cl. The highest BCUT2D eigenvalue weighted by Gasteiger charge is 2.08. The average Bonchev–Trinajstić information content (AvgIpc) is 2.14. The van der Waals surface area contributed by atoms with Gasteiger partial charge >= 0.3 is 0 Å². The molecule has 16 heavy (non-hydrogen) atoms. The fourth-order valence-electron chi connectivity index (χ4n) is 1.33. The Bertz CT molecular complexity index is 314. The molecule has 2 N–H and O–H groups in total. The monoisotopic (exact) mass is 266 g/mol. The number of hydrogen-bond acceptors (Lipinski definition) is 2. The minimum absolute atomic E-state index is 0. The second-order valence-electron chi connectivity index (χ2n) is 3.78. The third kappa shape index (κ3) is 4.66. The topological polar surface area (TPSA) is 29.3 Å². The standard InChI is InChI=1S/C11H16ClFN2.ClH/c1-8(6-14)15(2)7-9-3-10(12)5-11(13)4-9;/h3-5,8H,6-7,14H2,1-2H3;1H. The zero-order valence-electron chi connectivity index (χ0n) is 9.41. The smallest absolute Gasteiger partial charge is 0.125 e. The summed E-state index contributed by atoms with van der Waals surface area (Å²) in [4.78, 5) is 2.06. The molecule has 0 spiro atoms. The van der Waals surface area contributed by atoms with Gasteiger partial charge in [0.15, 0.2) is 0 Å². The lowest BCUT2D eigenvalue weighted by molar-refractivity contribution is 0.254. The van der Waals surface area contributed by atoms with Gasteiger partial charge in [-0.25, -0.2) is 4.39 Å². The highest BCUT2D eigenvalue weighted by Crippen LogP contribution is 2.15. The molecule has 0 fully saturated rings. The van der Waals surface area contributed by atoms with Crippen LogP contribution in [0.4, 0.5) is 4.39 Å². The summed E-state index contributed by atoms with van der Waals surface area (Å²) in [5.41, 5.74) is 6.41. The number of nitrogens with zero attached hydrogens (tertiary/aromatic N) is 1. The molecule has 1 aromatic carbocycles. The molecule has 1 atom stereocenters. The average molecular weight is 267 g/mol. The molecule has 92 valence electrons. The van der Waals surface area contributed by atoms with Gasteiger partial charge < -0.3 is 5.73 Å². The van der Waals surface area contributed by atoms with Gasteiger partial charge in [0.25, 0.3) is 0 Å². The summed E-state index contributed by atoms with van der Waals surface area (Å²) in [5, 5.41) is 0.429. The first kappa shape index (κ1) is 15.7. The summed E-state index contributed by atoms with van der Waals surface area (Å²) in [7, 11) is 1.95. The van der Waals surface area contributed by atoms with Crippen molar-refractivity contribution >= 4 is 24.0 Å². The number of likely N-dealkylation sites (N-methyl/N-ethyl adjacent to an activating group) is 1. The van der Waals surface area contributed by atoms with Crippen LogP contribution < -0.4 is 5.73 Å². The summed E-state index contributed by atoms with van der Waals surface area (Å²) >= 11 is 5.76. The minimum atomic E-state index is -0.300. The molecule has 0 saturated carbocycles. The lowest BCUT2D eigenvalue weighted by Crippen LogP contribution is -2.34. The number of nitrogens with two attached hydrogens (primary N) is 1. The van der Waals surface area contributed by atoms with E-state index in [4.69, 9.17) is 17.3 Å². The van der Waals surface area contributed by atoms with Crippen LogP contribution in [0.2, 0.25) is 5.02 Å². The van der Waals surface area contributed by atoms with Crippen LogP contribution in [0.15, 0.2) is 18.2 Å². The molecule has 0 aromatic heterocycles. The Hall–Kier alpha value is -0.350. The molecular formula is C11H17Cl2FN2. The lowest BCUT2D eigenvalue weighted by Gasteiger charge is -2.23. The molecule has 1 rings (SSSR count). The van der Waals surface area contributed by atoms with E-state index < -0.39 is 0 Å². The van der Waals surface area contributed by atoms with E-state index in [1.165, 1.54) is 12.1 Å². The lowest BCUT2D eigenvalue weighted by atomic mass is 10.2. The molecule has 0 aliphatic rings. The number of halogens is 3. The van der Waals surface area contributed by atoms with Crippen LogP contribution in [0.3, 0.4) is 0 Å². The molecule has 0 radical (unpaired) electrons. The normalized spacial score (nSPS) is 12.4. The highest BCUT2D eigenvalue weighted by atomic mass is 35.5. The van der Waals surface area contributed by atoms with Gasteiger partial charge in [-0.3, -0.25) is 4.90 Å². The second kappa shape index (κ2) is 7.07. The molecule has 1 aromatic rings. The van der Waals surface area contributed by atoms with Crippen molar-refractivity contribution in [2.45, 2.75) is 19.5 Å². The molecule has 0 bridgehead atoms. The Kier molecular flexibility index (Phi) is 6.91. The maximum absolute atomic E-state index is 13.0. The second-order valence-corrected chi connectivity index (χ2v) is 4.21. The van der Waals surface area contributed by atoms with Gasteiger partial charge in [0.2, 0.25) is 0 Å². The molecule has 0 saturated heterocycles. The largest absolute Gasteiger partial charge is 0.329 e. The molecule has 0 aliphatic carbocycles. The predicted molar refractivity (Wildman–Crippen MR) is 68.6 cm³/mol. The van der Waals surface area contributed by atoms with Crippen molar-refractivity contribution in [1.29, 1.82) is 0 Å². The number of rotatable bonds is 4. The maximum Gasteiger partial charge on any atom is 0.125 e. The van der Waals surface area contributed by atoms with Crippen LogP contribution in [0.1, 0.15) is 12.5 Å². The molecular weight excluding hydrogens is 250 g/mol. The third-order valence-corrected chi connectivity index (χ3v) is 2.67. The van der Waals surface area contributed by atoms with E-state index in [0.29, 0.717) is 18.1 Å². The summed E-state index contributed by atoms with van der Waals surface area (Å²) in [5.74, 6) is -0.300. The van der Waals surface area contributed by atoms with Gasteiger partial charge in [-0.2, -0.15) is 0 Å². The zero-order chi connectivity index (χ0) is 11.4. The van der Waals surface area contributed by atoms with Crippen LogP contribution in [0.25, 0.3) is 0 Å². The van der Waals surface area contributed by atoms with E-state index in [2.05, 4.69) is 4.90 Å². The van der Waals surface area contributed by atoms with E-state index in [-0.39, 0.29) is 24.3 Å². The Balaban J connectivity index is 0.00000225. The van der Waals surface area contributed by atoms with E-state index in [9.17, 15) is 4.39 Å². The minimum Gasteiger partial charge on any atom is -0.329 e. The summed E-state index contributed by atoms with van der Waals surface area (Å²) < 4.78 is 13.0. The quantitative estimate of drug-likeness (QED) is 0.908. The van der Waals surface area contributed by atoms with Gasteiger partial charge in [0.1, 0.15) is 5.82 Å².